The quantitative estimate of drug-likeness (QED) is 0.389. The Morgan fingerprint density at radius 3 is 2.07 bits per heavy atom. The Kier molecular flexibility index (Phi) is 7.90. The molecule has 0 saturated heterocycles. The number of pyridine rings is 1. The van der Waals surface area contributed by atoms with Crippen LogP contribution in [0, 0.1) is 0 Å². The average molecular weight is 395 g/mol. The molecule has 1 aromatic rings. The lowest BCUT2D eigenvalue weighted by molar-refractivity contribution is -0.157. The molecule has 1 aromatic heterocycles. The lowest BCUT2D eigenvalue weighted by atomic mass is 10.1. The average Bonchev–Trinajstić information content (AvgIpc) is 2.58. The molecule has 0 fully saturated rings. The minimum Gasteiger partial charge on any atom is -0.464 e. The second kappa shape index (κ2) is 9.67. The van der Waals surface area contributed by atoms with Gasteiger partial charge in [-0.3, -0.25) is 4.79 Å². The lowest BCUT2D eigenvalue weighted by Crippen LogP contribution is -2.48. The highest BCUT2D eigenvalue weighted by atomic mass is 16.6. The number of rotatable bonds is 7. The Morgan fingerprint density at radius 2 is 1.64 bits per heavy atom. The molecule has 1 rings (SSSR count). The smallest absolute Gasteiger partial charge is 0.340 e. The molecule has 0 unspecified atom stereocenters. The van der Waals surface area contributed by atoms with E-state index in [0.29, 0.717) is 0 Å². The van der Waals surface area contributed by atoms with Gasteiger partial charge in [0, 0.05) is 6.20 Å². The molecule has 0 aliphatic rings. The first-order valence-corrected chi connectivity index (χ1v) is 8.63. The molecule has 10 heteroatoms. The van der Waals surface area contributed by atoms with Gasteiger partial charge >= 0.3 is 17.9 Å². The molecule has 0 atom stereocenters. The summed E-state index contributed by atoms with van der Waals surface area (Å²) in [4.78, 5) is 52.2. The zero-order chi connectivity index (χ0) is 21.5. The number of anilines is 1. The van der Waals surface area contributed by atoms with E-state index < -0.39 is 35.5 Å². The third kappa shape index (κ3) is 6.53. The normalized spacial score (nSPS) is 10.9. The number of hydrogen-bond acceptors (Lipinski definition) is 9. The fourth-order valence-electron chi connectivity index (χ4n) is 1.98. The Hall–Kier alpha value is -3.17. The van der Waals surface area contributed by atoms with E-state index in [2.05, 4.69) is 10.3 Å². The van der Waals surface area contributed by atoms with Gasteiger partial charge in [0.05, 0.1) is 24.5 Å². The van der Waals surface area contributed by atoms with Crippen molar-refractivity contribution in [1.29, 1.82) is 0 Å². The van der Waals surface area contributed by atoms with Crippen LogP contribution in [-0.2, 0) is 23.8 Å². The maximum absolute atomic E-state index is 12.4. The summed E-state index contributed by atoms with van der Waals surface area (Å²) < 4.78 is 14.7. The van der Waals surface area contributed by atoms with Crippen LogP contribution >= 0.6 is 0 Å². The van der Waals surface area contributed by atoms with Gasteiger partial charge in [0.1, 0.15) is 5.60 Å². The topological polar surface area (TPSA) is 147 Å². The first-order chi connectivity index (χ1) is 13.0. The summed E-state index contributed by atoms with van der Waals surface area (Å²) in [5.74, 6) is -3.51. The number of carbonyl (C=O) groups excluding carboxylic acids is 4. The van der Waals surface area contributed by atoms with Crippen molar-refractivity contribution in [2.75, 3.05) is 18.9 Å². The number of nitrogens with two attached hydrogens (primary N) is 1. The monoisotopic (exact) mass is 395 g/mol. The Balaban J connectivity index is 3.02. The second-order valence-electron chi connectivity index (χ2n) is 6.57. The molecular formula is C18H25N3O7. The van der Waals surface area contributed by atoms with E-state index in [-0.39, 0.29) is 30.2 Å². The zero-order valence-corrected chi connectivity index (χ0v) is 16.5. The van der Waals surface area contributed by atoms with Crippen molar-refractivity contribution in [2.24, 2.45) is 0 Å². The van der Waals surface area contributed by atoms with Crippen molar-refractivity contribution >= 4 is 29.5 Å². The van der Waals surface area contributed by atoms with Gasteiger partial charge in [-0.25, -0.2) is 19.4 Å². The standard InChI is InChI=1S/C18H25N3O7/c1-6-26-16(24)13(17(25)27-7-2)21-14(22)12-11(19)8-10(9-20-12)15(23)28-18(3,4)5/h8-9,13H,6-7,19H2,1-5H3,(H,21,22). The van der Waals surface area contributed by atoms with E-state index in [1.807, 2.05) is 0 Å². The first-order valence-electron chi connectivity index (χ1n) is 8.63. The number of ether oxygens (including phenoxy) is 3. The Morgan fingerprint density at radius 1 is 1.11 bits per heavy atom. The fourth-order valence-corrected chi connectivity index (χ4v) is 1.98. The summed E-state index contributed by atoms with van der Waals surface area (Å²) in [7, 11) is 0. The number of aromatic nitrogens is 1. The van der Waals surface area contributed by atoms with Gasteiger partial charge < -0.3 is 25.3 Å². The highest BCUT2D eigenvalue weighted by Crippen LogP contribution is 2.16. The Bertz CT molecular complexity index is 738. The molecule has 0 bridgehead atoms. The van der Waals surface area contributed by atoms with Crippen molar-refractivity contribution in [2.45, 2.75) is 46.3 Å². The number of nitrogens with zero attached hydrogens (tertiary/aromatic N) is 1. The van der Waals surface area contributed by atoms with Crippen LogP contribution in [0.1, 0.15) is 55.5 Å². The predicted octanol–water partition coefficient (Wildman–Crippen LogP) is 0.844. The van der Waals surface area contributed by atoms with Crippen LogP contribution in [0.5, 0.6) is 0 Å². The van der Waals surface area contributed by atoms with Crippen LogP contribution in [0.4, 0.5) is 5.69 Å². The third-order valence-corrected chi connectivity index (χ3v) is 3.09. The molecule has 1 amide bonds. The summed E-state index contributed by atoms with van der Waals surface area (Å²) in [6, 6.07) is -0.446. The molecule has 0 aliphatic heterocycles. The molecule has 0 aliphatic carbocycles. The number of hydrogen-bond donors (Lipinski definition) is 2. The van der Waals surface area contributed by atoms with Crippen LogP contribution < -0.4 is 11.1 Å². The molecule has 0 aromatic carbocycles. The third-order valence-electron chi connectivity index (χ3n) is 3.09. The van der Waals surface area contributed by atoms with Crippen molar-refractivity contribution in [1.82, 2.24) is 10.3 Å². The number of esters is 3. The summed E-state index contributed by atoms with van der Waals surface area (Å²) in [5.41, 5.74) is 4.74. The summed E-state index contributed by atoms with van der Waals surface area (Å²) in [5, 5.41) is 2.18. The van der Waals surface area contributed by atoms with Gasteiger partial charge in [0.25, 0.3) is 5.91 Å². The van der Waals surface area contributed by atoms with Crippen molar-refractivity contribution in [3.63, 3.8) is 0 Å². The first kappa shape index (κ1) is 22.9. The van der Waals surface area contributed by atoms with Gasteiger partial charge in [0.2, 0.25) is 6.04 Å². The molecule has 0 spiro atoms. The van der Waals surface area contributed by atoms with Crippen LogP contribution in [0.2, 0.25) is 0 Å². The second-order valence-corrected chi connectivity index (χ2v) is 6.57. The van der Waals surface area contributed by atoms with E-state index >= 15 is 0 Å². The maximum atomic E-state index is 12.4. The van der Waals surface area contributed by atoms with Gasteiger partial charge in [-0.15, -0.1) is 0 Å². The van der Waals surface area contributed by atoms with Crippen molar-refractivity contribution < 1.29 is 33.4 Å². The SMILES string of the molecule is CCOC(=O)C(NC(=O)c1ncc(C(=O)OC(C)(C)C)cc1N)C(=O)OCC. The molecule has 28 heavy (non-hydrogen) atoms. The molecule has 154 valence electrons. The van der Waals surface area contributed by atoms with Crippen LogP contribution in [0.3, 0.4) is 0 Å². The Labute approximate surface area is 162 Å². The zero-order valence-electron chi connectivity index (χ0n) is 16.5. The summed E-state index contributed by atoms with van der Waals surface area (Å²) in [6.07, 6.45) is 1.11. The van der Waals surface area contributed by atoms with Crippen LogP contribution in [0.15, 0.2) is 12.3 Å². The van der Waals surface area contributed by atoms with E-state index in [9.17, 15) is 19.2 Å². The molecule has 1 heterocycles. The molecule has 3 N–H and O–H groups in total. The van der Waals surface area contributed by atoms with Gasteiger partial charge in [-0.2, -0.15) is 0 Å². The van der Waals surface area contributed by atoms with Gasteiger partial charge in [-0.1, -0.05) is 0 Å². The minimum atomic E-state index is -1.67. The van der Waals surface area contributed by atoms with Gasteiger partial charge in [-0.05, 0) is 40.7 Å². The summed E-state index contributed by atoms with van der Waals surface area (Å²) in [6.45, 7) is 8.23. The predicted molar refractivity (Wildman–Crippen MR) is 98.3 cm³/mol. The van der Waals surface area contributed by atoms with Crippen LogP contribution in [-0.4, -0.2) is 53.7 Å². The highest BCUT2D eigenvalue weighted by Gasteiger charge is 2.32. The molecular weight excluding hydrogens is 370 g/mol. The molecule has 0 saturated carbocycles. The maximum Gasteiger partial charge on any atom is 0.340 e. The molecule has 0 radical (unpaired) electrons. The van der Waals surface area contributed by atoms with E-state index in [1.54, 1.807) is 34.6 Å². The van der Waals surface area contributed by atoms with Crippen molar-refractivity contribution in [3.05, 3.63) is 23.5 Å². The van der Waals surface area contributed by atoms with Crippen molar-refractivity contribution in [3.8, 4) is 0 Å². The number of carbonyl (C=O) groups is 4. The number of nitrogens with one attached hydrogen (secondary N) is 1. The number of nitrogen functional groups attached to an aromatic ring is 1. The van der Waals surface area contributed by atoms with E-state index in [0.717, 1.165) is 6.20 Å². The highest BCUT2D eigenvalue weighted by molar-refractivity contribution is 6.07. The van der Waals surface area contributed by atoms with Crippen LogP contribution in [0.25, 0.3) is 0 Å². The minimum absolute atomic E-state index is 0.00951. The van der Waals surface area contributed by atoms with Gasteiger partial charge in [0.15, 0.2) is 5.69 Å². The largest absolute Gasteiger partial charge is 0.464 e. The summed E-state index contributed by atoms with van der Waals surface area (Å²) >= 11 is 0. The van der Waals surface area contributed by atoms with E-state index in [4.69, 9.17) is 19.9 Å². The molecule has 10 nitrogen and oxygen atoms in total. The lowest BCUT2D eigenvalue weighted by Gasteiger charge is -2.19. The fraction of sp³-hybridized carbons (Fsp3) is 0.500. The number of amides is 1. The van der Waals surface area contributed by atoms with E-state index in [1.165, 1.54) is 6.07 Å².